The first-order valence-electron chi connectivity index (χ1n) is 9.41. The van der Waals surface area contributed by atoms with Crippen LogP contribution in [0.2, 0.25) is 0 Å². The maximum Gasteiger partial charge on any atom is 0.167 e. The predicted molar refractivity (Wildman–Crippen MR) is 91.8 cm³/mol. The summed E-state index contributed by atoms with van der Waals surface area (Å²) in [6, 6.07) is 8.33. The minimum absolute atomic E-state index is 0.587. The smallest absolute Gasteiger partial charge is 0.167 e. The molecule has 122 valence electrons. The first-order chi connectivity index (χ1) is 11.3. The highest BCUT2D eigenvalue weighted by atomic mass is 16.5. The van der Waals surface area contributed by atoms with Gasteiger partial charge in [-0.3, -0.25) is 0 Å². The second-order valence-electron chi connectivity index (χ2n) is 8.02. The molecule has 5 rings (SSSR count). The molecular weight excluding hydrogens is 284 g/mol. The number of piperidine rings is 1. The Kier molecular flexibility index (Phi) is 3.26. The minimum atomic E-state index is 0.587. The van der Waals surface area contributed by atoms with Gasteiger partial charge in [0.15, 0.2) is 5.58 Å². The second-order valence-corrected chi connectivity index (χ2v) is 8.02. The maximum atomic E-state index is 5.67. The number of fused-ring (bicyclic) bond motifs is 3. The normalized spacial score (nSPS) is 32.1. The number of rotatable bonds is 2. The van der Waals surface area contributed by atoms with E-state index < -0.39 is 0 Å². The van der Waals surface area contributed by atoms with Crippen molar-refractivity contribution in [1.82, 2.24) is 10.1 Å². The lowest BCUT2D eigenvalue weighted by molar-refractivity contribution is 0.159. The number of nitrogens with zero attached hydrogens (tertiary/aromatic N) is 2. The van der Waals surface area contributed by atoms with Gasteiger partial charge in [0.2, 0.25) is 0 Å². The van der Waals surface area contributed by atoms with Crippen molar-refractivity contribution in [1.29, 1.82) is 0 Å². The predicted octanol–water partition coefficient (Wildman–Crippen LogP) is 4.83. The van der Waals surface area contributed by atoms with E-state index in [9.17, 15) is 0 Å². The molecule has 1 aromatic heterocycles. The van der Waals surface area contributed by atoms with Gasteiger partial charge in [0.25, 0.3) is 0 Å². The SMILES string of the molecule is CN1C2CCC1CC(c1noc3ccc(C4CCCC4)cc13)C2. The summed E-state index contributed by atoms with van der Waals surface area (Å²) in [7, 11) is 2.30. The summed E-state index contributed by atoms with van der Waals surface area (Å²) in [6.45, 7) is 0. The van der Waals surface area contributed by atoms with Gasteiger partial charge in [-0.1, -0.05) is 24.1 Å². The molecular formula is C20H26N2O. The van der Waals surface area contributed by atoms with Crippen LogP contribution in [-0.4, -0.2) is 29.2 Å². The molecule has 1 saturated carbocycles. The van der Waals surface area contributed by atoms with E-state index in [2.05, 4.69) is 35.3 Å². The van der Waals surface area contributed by atoms with E-state index in [0.29, 0.717) is 5.92 Å². The molecule has 3 nitrogen and oxygen atoms in total. The third-order valence-corrected chi connectivity index (χ3v) is 6.83. The Morgan fingerprint density at radius 3 is 2.48 bits per heavy atom. The van der Waals surface area contributed by atoms with Gasteiger partial charge in [0, 0.05) is 23.4 Å². The summed E-state index contributed by atoms with van der Waals surface area (Å²) >= 11 is 0. The van der Waals surface area contributed by atoms with Gasteiger partial charge in [0.1, 0.15) is 0 Å². The Hall–Kier alpha value is -1.35. The minimum Gasteiger partial charge on any atom is -0.356 e. The molecule has 0 radical (unpaired) electrons. The molecule has 0 amide bonds. The van der Waals surface area contributed by atoms with Crippen LogP contribution in [0.25, 0.3) is 11.0 Å². The quantitative estimate of drug-likeness (QED) is 0.796. The monoisotopic (exact) mass is 310 g/mol. The van der Waals surface area contributed by atoms with E-state index in [0.717, 1.165) is 23.6 Å². The first kappa shape index (κ1) is 14.0. The van der Waals surface area contributed by atoms with Crippen molar-refractivity contribution in [2.24, 2.45) is 0 Å². The van der Waals surface area contributed by atoms with Crippen LogP contribution in [0.3, 0.4) is 0 Å². The molecule has 0 spiro atoms. The number of aromatic nitrogens is 1. The fourth-order valence-corrected chi connectivity index (χ4v) is 5.42. The Bertz CT molecular complexity index is 702. The Balaban J connectivity index is 1.50. The number of hydrogen-bond donors (Lipinski definition) is 0. The zero-order chi connectivity index (χ0) is 15.4. The van der Waals surface area contributed by atoms with Gasteiger partial charge < -0.3 is 9.42 Å². The Morgan fingerprint density at radius 1 is 1.00 bits per heavy atom. The van der Waals surface area contributed by atoms with E-state index in [1.807, 2.05) is 0 Å². The summed E-state index contributed by atoms with van der Waals surface area (Å²) in [4.78, 5) is 2.60. The average molecular weight is 310 g/mol. The molecule has 23 heavy (non-hydrogen) atoms. The van der Waals surface area contributed by atoms with Crippen LogP contribution in [0.15, 0.2) is 22.7 Å². The zero-order valence-corrected chi connectivity index (χ0v) is 14.0. The molecule has 1 aliphatic carbocycles. The summed E-state index contributed by atoms with van der Waals surface area (Å²) in [5, 5.41) is 5.81. The van der Waals surface area contributed by atoms with Crippen molar-refractivity contribution in [2.45, 2.75) is 75.3 Å². The molecule has 3 fully saturated rings. The van der Waals surface area contributed by atoms with Gasteiger partial charge in [0.05, 0.1) is 5.69 Å². The molecule has 1 aromatic carbocycles. The van der Waals surface area contributed by atoms with Crippen molar-refractivity contribution in [3.63, 3.8) is 0 Å². The van der Waals surface area contributed by atoms with E-state index in [1.54, 1.807) is 0 Å². The molecule has 2 saturated heterocycles. The molecule has 2 unspecified atom stereocenters. The molecule has 2 atom stereocenters. The van der Waals surface area contributed by atoms with Crippen LogP contribution in [0.5, 0.6) is 0 Å². The van der Waals surface area contributed by atoms with E-state index >= 15 is 0 Å². The van der Waals surface area contributed by atoms with Crippen LogP contribution in [0, 0.1) is 0 Å². The Morgan fingerprint density at radius 2 is 1.74 bits per heavy atom. The van der Waals surface area contributed by atoms with Crippen LogP contribution >= 0.6 is 0 Å². The number of hydrogen-bond acceptors (Lipinski definition) is 3. The van der Waals surface area contributed by atoms with Gasteiger partial charge in [-0.15, -0.1) is 0 Å². The third kappa shape index (κ3) is 2.24. The van der Waals surface area contributed by atoms with Gasteiger partial charge in [-0.05, 0) is 69.2 Å². The zero-order valence-electron chi connectivity index (χ0n) is 14.0. The van der Waals surface area contributed by atoms with Crippen molar-refractivity contribution >= 4 is 11.0 Å². The standard InChI is InChI=1S/C20H26N2O/c1-22-16-7-8-17(22)11-15(10-16)20-18-12-14(13-4-2-3-5-13)6-9-19(18)23-21-20/h6,9,12-13,15-17H,2-5,7-8,10-11H2,1H3. The molecule has 3 heteroatoms. The van der Waals surface area contributed by atoms with E-state index in [1.165, 1.54) is 68.0 Å². The summed E-state index contributed by atoms with van der Waals surface area (Å²) in [5.41, 5.74) is 3.73. The van der Waals surface area contributed by atoms with Crippen LogP contribution < -0.4 is 0 Å². The number of benzene rings is 1. The maximum absolute atomic E-state index is 5.67. The summed E-state index contributed by atoms with van der Waals surface area (Å²) in [6.07, 6.45) is 10.7. The summed E-state index contributed by atoms with van der Waals surface area (Å²) < 4.78 is 5.67. The van der Waals surface area contributed by atoms with Gasteiger partial charge in [-0.25, -0.2) is 0 Å². The highest BCUT2D eigenvalue weighted by molar-refractivity contribution is 5.81. The molecule has 2 bridgehead atoms. The lowest BCUT2D eigenvalue weighted by Gasteiger charge is -2.35. The van der Waals surface area contributed by atoms with E-state index in [-0.39, 0.29) is 0 Å². The molecule has 3 heterocycles. The van der Waals surface area contributed by atoms with E-state index in [4.69, 9.17) is 4.52 Å². The second kappa shape index (κ2) is 5.34. The van der Waals surface area contributed by atoms with Gasteiger partial charge in [-0.2, -0.15) is 0 Å². The van der Waals surface area contributed by atoms with Crippen LogP contribution in [0.1, 0.15) is 74.5 Å². The summed E-state index contributed by atoms with van der Waals surface area (Å²) in [5.74, 6) is 1.35. The fraction of sp³-hybridized carbons (Fsp3) is 0.650. The average Bonchev–Trinajstić information content (AvgIpc) is 3.26. The molecule has 2 aliphatic heterocycles. The lowest BCUT2D eigenvalue weighted by atomic mass is 9.86. The topological polar surface area (TPSA) is 29.3 Å². The fourth-order valence-electron chi connectivity index (χ4n) is 5.42. The van der Waals surface area contributed by atoms with Crippen molar-refractivity contribution < 1.29 is 4.52 Å². The van der Waals surface area contributed by atoms with Crippen molar-refractivity contribution in [3.05, 3.63) is 29.5 Å². The highest BCUT2D eigenvalue weighted by Crippen LogP contribution is 2.44. The molecule has 0 N–H and O–H groups in total. The van der Waals surface area contributed by atoms with Crippen LogP contribution in [-0.2, 0) is 0 Å². The van der Waals surface area contributed by atoms with Crippen LogP contribution in [0.4, 0.5) is 0 Å². The van der Waals surface area contributed by atoms with Gasteiger partial charge >= 0.3 is 0 Å². The highest BCUT2D eigenvalue weighted by Gasteiger charge is 2.40. The Labute approximate surface area is 138 Å². The lowest BCUT2D eigenvalue weighted by Crippen LogP contribution is -2.39. The first-order valence-corrected chi connectivity index (χ1v) is 9.41. The molecule has 2 aromatic rings. The molecule has 3 aliphatic rings. The largest absolute Gasteiger partial charge is 0.356 e. The van der Waals surface area contributed by atoms with Crippen molar-refractivity contribution in [3.8, 4) is 0 Å². The third-order valence-electron chi connectivity index (χ3n) is 6.83. The van der Waals surface area contributed by atoms with Crippen molar-refractivity contribution in [2.75, 3.05) is 7.05 Å².